The summed E-state index contributed by atoms with van der Waals surface area (Å²) in [6.07, 6.45) is 4.15. The molecule has 2 atom stereocenters. The van der Waals surface area contributed by atoms with Crippen LogP contribution in [-0.2, 0) is 0 Å². The van der Waals surface area contributed by atoms with Crippen LogP contribution >= 0.6 is 0 Å². The zero-order valence-electron chi connectivity index (χ0n) is 8.69. The Morgan fingerprint density at radius 3 is 2.36 bits per heavy atom. The highest BCUT2D eigenvalue weighted by atomic mass is 16.9. The smallest absolute Gasteiger partial charge is 0.291 e. The zero-order chi connectivity index (χ0) is 10.9. The Morgan fingerprint density at radius 1 is 1.64 bits per heavy atom. The molecule has 0 amide bonds. The normalized spacial score (nSPS) is 32.3. The Labute approximate surface area is 83.7 Å². The van der Waals surface area contributed by atoms with E-state index in [0.717, 1.165) is 11.8 Å². The molecule has 1 N–H and O–H groups in total. The van der Waals surface area contributed by atoms with Gasteiger partial charge in [0.15, 0.2) is 0 Å². The van der Waals surface area contributed by atoms with Crippen molar-refractivity contribution in [3.63, 3.8) is 0 Å². The van der Waals surface area contributed by atoms with Crippen LogP contribution in [-0.4, -0.2) is 10.3 Å². The molecule has 3 fully saturated rings. The lowest BCUT2D eigenvalue weighted by atomic mass is 9.47. The predicted octanol–water partition coefficient (Wildman–Crippen LogP) is 2.65. The van der Waals surface area contributed by atoms with Crippen LogP contribution in [0.1, 0.15) is 33.1 Å². The summed E-state index contributed by atoms with van der Waals surface area (Å²) in [5, 5.41) is 13.6. The third kappa shape index (κ3) is 1.89. The van der Waals surface area contributed by atoms with E-state index in [2.05, 4.69) is 20.4 Å². The molecule has 3 rings (SSSR count). The Balaban J connectivity index is 0.000000213. The van der Waals surface area contributed by atoms with Crippen molar-refractivity contribution in [2.24, 2.45) is 17.3 Å². The lowest BCUT2D eigenvalue weighted by Crippen LogP contribution is -2.48. The fourth-order valence-corrected chi connectivity index (χ4v) is 2.73. The maximum absolute atomic E-state index is 8.36. The second kappa shape index (κ2) is 3.59. The molecular weight excluding hydrogens is 182 g/mol. The third-order valence-corrected chi connectivity index (χ3v) is 3.78. The van der Waals surface area contributed by atoms with Crippen molar-refractivity contribution in [3.05, 3.63) is 22.3 Å². The summed E-state index contributed by atoms with van der Waals surface area (Å²) in [6.45, 7) is 8.93. The minimum Gasteiger partial charge on any atom is -0.328 e. The summed E-state index contributed by atoms with van der Waals surface area (Å²) in [4.78, 5) is 8.36. The molecular formula is C10H17NO3. The van der Waals surface area contributed by atoms with Gasteiger partial charge in [-0.2, -0.15) is 0 Å². The van der Waals surface area contributed by atoms with Crippen LogP contribution in [0.25, 0.3) is 0 Å². The predicted molar refractivity (Wildman–Crippen MR) is 52.5 cm³/mol. The van der Waals surface area contributed by atoms with E-state index in [0.29, 0.717) is 5.41 Å². The first kappa shape index (κ1) is 11.0. The van der Waals surface area contributed by atoms with E-state index in [4.69, 9.17) is 15.3 Å². The molecule has 0 aromatic heterocycles. The molecule has 3 saturated carbocycles. The van der Waals surface area contributed by atoms with E-state index >= 15 is 0 Å². The van der Waals surface area contributed by atoms with Gasteiger partial charge >= 0.3 is 0 Å². The molecule has 0 aromatic carbocycles. The van der Waals surface area contributed by atoms with Crippen LogP contribution in [0, 0.1) is 27.4 Å². The summed E-state index contributed by atoms with van der Waals surface area (Å²) >= 11 is 0. The second-order valence-corrected chi connectivity index (χ2v) is 4.74. The van der Waals surface area contributed by atoms with Gasteiger partial charge < -0.3 is 5.21 Å². The molecule has 14 heavy (non-hydrogen) atoms. The lowest BCUT2D eigenvalue weighted by Gasteiger charge is -2.57. The first-order valence-electron chi connectivity index (χ1n) is 4.86. The third-order valence-electron chi connectivity index (χ3n) is 3.78. The molecule has 4 nitrogen and oxygen atoms in total. The SMILES string of the molecule is C=C1CCC2CC1C2(C)C.O=[N+]([O-])O. The number of fused-ring (bicyclic) bond motifs is 2. The number of nitrogens with zero attached hydrogens (tertiary/aromatic N) is 1. The Morgan fingerprint density at radius 2 is 2.14 bits per heavy atom. The van der Waals surface area contributed by atoms with Gasteiger partial charge in [-0.3, -0.25) is 0 Å². The molecule has 0 saturated heterocycles. The number of hydrogen-bond acceptors (Lipinski definition) is 2. The summed E-state index contributed by atoms with van der Waals surface area (Å²) in [7, 11) is 0. The molecule has 4 heteroatoms. The highest BCUT2D eigenvalue weighted by molar-refractivity contribution is 5.18. The highest BCUT2D eigenvalue weighted by Crippen LogP contribution is 2.60. The van der Waals surface area contributed by atoms with Crippen LogP contribution in [0.2, 0.25) is 0 Å². The summed E-state index contributed by atoms with van der Waals surface area (Å²) in [5.74, 6) is 1.88. The van der Waals surface area contributed by atoms with E-state index in [1.165, 1.54) is 24.8 Å². The maximum Gasteiger partial charge on any atom is 0.291 e. The molecule has 3 aliphatic rings. The second-order valence-electron chi connectivity index (χ2n) is 4.74. The van der Waals surface area contributed by atoms with Crippen molar-refractivity contribution in [2.45, 2.75) is 33.1 Å². The van der Waals surface area contributed by atoms with E-state index in [-0.39, 0.29) is 0 Å². The maximum atomic E-state index is 8.36. The van der Waals surface area contributed by atoms with Gasteiger partial charge in [-0.1, -0.05) is 26.0 Å². The van der Waals surface area contributed by atoms with Crippen LogP contribution in [0.3, 0.4) is 0 Å². The van der Waals surface area contributed by atoms with Crippen LogP contribution < -0.4 is 0 Å². The van der Waals surface area contributed by atoms with E-state index in [1.807, 2.05) is 0 Å². The zero-order valence-corrected chi connectivity index (χ0v) is 8.69. The van der Waals surface area contributed by atoms with Gasteiger partial charge in [-0.25, -0.2) is 0 Å². The fourth-order valence-electron chi connectivity index (χ4n) is 2.73. The van der Waals surface area contributed by atoms with E-state index in [9.17, 15) is 0 Å². The van der Waals surface area contributed by atoms with Crippen molar-refractivity contribution in [1.29, 1.82) is 0 Å². The molecule has 2 unspecified atom stereocenters. The lowest BCUT2D eigenvalue weighted by molar-refractivity contribution is -0.742. The minimum atomic E-state index is -1.50. The Bertz CT molecular complexity index is 254. The van der Waals surface area contributed by atoms with Gasteiger partial charge in [0.25, 0.3) is 5.09 Å². The topological polar surface area (TPSA) is 63.4 Å². The van der Waals surface area contributed by atoms with Gasteiger partial charge in [-0.05, 0) is 36.5 Å². The highest BCUT2D eigenvalue weighted by Gasteiger charge is 2.51. The quantitative estimate of drug-likeness (QED) is 0.370. The van der Waals surface area contributed by atoms with Gasteiger partial charge in [0.2, 0.25) is 0 Å². The van der Waals surface area contributed by atoms with Crippen molar-refractivity contribution in [1.82, 2.24) is 0 Å². The fraction of sp³-hybridized carbons (Fsp3) is 0.800. The Hall–Kier alpha value is -1.06. The average molecular weight is 199 g/mol. The molecule has 2 bridgehead atoms. The van der Waals surface area contributed by atoms with Gasteiger partial charge in [0.1, 0.15) is 0 Å². The van der Waals surface area contributed by atoms with Crippen molar-refractivity contribution < 1.29 is 10.3 Å². The summed E-state index contributed by atoms with van der Waals surface area (Å²) < 4.78 is 0. The van der Waals surface area contributed by atoms with Crippen molar-refractivity contribution >= 4 is 0 Å². The molecule has 0 aromatic rings. The minimum absolute atomic E-state index is 0.606. The van der Waals surface area contributed by atoms with Gasteiger partial charge in [0, 0.05) is 0 Å². The average Bonchev–Trinajstić information content (AvgIpc) is 2.02. The molecule has 0 aliphatic heterocycles. The number of rotatable bonds is 0. The standard InChI is InChI=1S/C10H16.HNO3/c1-7-4-5-8-6-9(7)10(8,2)3;2-1(3)4/h8-9H,1,4-6H2,2-3H3;(H,2,3,4). The summed E-state index contributed by atoms with van der Waals surface area (Å²) in [5.41, 5.74) is 2.13. The molecule has 0 spiro atoms. The first-order valence-corrected chi connectivity index (χ1v) is 4.86. The largest absolute Gasteiger partial charge is 0.328 e. The number of allylic oxidation sites excluding steroid dienone is 1. The van der Waals surface area contributed by atoms with Crippen LogP contribution in [0.4, 0.5) is 0 Å². The molecule has 3 aliphatic carbocycles. The summed E-state index contributed by atoms with van der Waals surface area (Å²) in [6, 6.07) is 0. The van der Waals surface area contributed by atoms with Crippen molar-refractivity contribution in [2.75, 3.05) is 0 Å². The van der Waals surface area contributed by atoms with Gasteiger partial charge in [-0.15, -0.1) is 10.1 Å². The molecule has 0 heterocycles. The van der Waals surface area contributed by atoms with Crippen LogP contribution in [0.5, 0.6) is 0 Å². The molecule has 80 valence electrons. The Kier molecular flexibility index (Phi) is 2.83. The van der Waals surface area contributed by atoms with Gasteiger partial charge in [0.05, 0.1) is 0 Å². The monoisotopic (exact) mass is 199 g/mol. The first-order chi connectivity index (χ1) is 6.35. The number of hydrogen-bond donors (Lipinski definition) is 1. The molecule has 0 radical (unpaired) electrons. The van der Waals surface area contributed by atoms with Crippen molar-refractivity contribution in [3.8, 4) is 0 Å². The van der Waals surface area contributed by atoms with Crippen LogP contribution in [0.15, 0.2) is 12.2 Å². The van der Waals surface area contributed by atoms with E-state index in [1.54, 1.807) is 0 Å². The van der Waals surface area contributed by atoms with E-state index < -0.39 is 5.09 Å².